The predicted octanol–water partition coefficient (Wildman–Crippen LogP) is 3.79. The Labute approximate surface area is 93.0 Å². The SMILES string of the molecule is CC(C)C(N)c1cc(Cl)cc(Cl)c1F. The molecule has 0 bridgehead atoms. The first-order valence-corrected chi connectivity index (χ1v) is 5.09. The number of hydrogen-bond acceptors (Lipinski definition) is 1. The van der Waals surface area contributed by atoms with Crippen molar-refractivity contribution >= 4 is 23.2 Å². The summed E-state index contributed by atoms with van der Waals surface area (Å²) < 4.78 is 13.5. The van der Waals surface area contributed by atoms with Gasteiger partial charge in [0.25, 0.3) is 0 Å². The smallest absolute Gasteiger partial charge is 0.146 e. The highest BCUT2D eigenvalue weighted by molar-refractivity contribution is 6.34. The maximum Gasteiger partial charge on any atom is 0.146 e. The molecule has 1 atom stereocenters. The average Bonchev–Trinajstić information content (AvgIpc) is 2.09. The van der Waals surface area contributed by atoms with Gasteiger partial charge in [-0.1, -0.05) is 37.0 Å². The van der Waals surface area contributed by atoms with E-state index < -0.39 is 5.82 Å². The van der Waals surface area contributed by atoms with E-state index in [0.717, 1.165) is 0 Å². The van der Waals surface area contributed by atoms with Crippen molar-refractivity contribution in [2.24, 2.45) is 11.7 Å². The number of rotatable bonds is 2. The van der Waals surface area contributed by atoms with Gasteiger partial charge in [-0.3, -0.25) is 0 Å². The van der Waals surface area contributed by atoms with Gasteiger partial charge in [0.05, 0.1) is 5.02 Å². The van der Waals surface area contributed by atoms with Crippen LogP contribution in [0.3, 0.4) is 0 Å². The lowest BCUT2D eigenvalue weighted by molar-refractivity contribution is 0.485. The standard InChI is InChI=1S/C10H12Cl2FN/c1-5(2)10(14)7-3-6(11)4-8(12)9(7)13/h3-5,10H,14H2,1-2H3. The molecule has 0 saturated heterocycles. The lowest BCUT2D eigenvalue weighted by Gasteiger charge is -2.17. The Balaban J connectivity index is 3.20. The first kappa shape index (κ1) is 11.8. The van der Waals surface area contributed by atoms with Crippen molar-refractivity contribution in [3.05, 3.63) is 33.6 Å². The molecular weight excluding hydrogens is 224 g/mol. The van der Waals surface area contributed by atoms with E-state index in [-0.39, 0.29) is 17.0 Å². The van der Waals surface area contributed by atoms with E-state index in [9.17, 15) is 4.39 Å². The van der Waals surface area contributed by atoms with Crippen LogP contribution in [0, 0.1) is 11.7 Å². The van der Waals surface area contributed by atoms with Crippen LogP contribution >= 0.6 is 23.2 Å². The van der Waals surface area contributed by atoms with Crippen LogP contribution < -0.4 is 5.73 Å². The van der Waals surface area contributed by atoms with Crippen LogP contribution in [0.2, 0.25) is 10.0 Å². The van der Waals surface area contributed by atoms with E-state index in [1.165, 1.54) is 12.1 Å². The van der Waals surface area contributed by atoms with Crippen molar-refractivity contribution in [1.82, 2.24) is 0 Å². The lowest BCUT2D eigenvalue weighted by atomic mass is 9.97. The van der Waals surface area contributed by atoms with Crippen LogP contribution in [0.1, 0.15) is 25.5 Å². The van der Waals surface area contributed by atoms with Gasteiger partial charge >= 0.3 is 0 Å². The van der Waals surface area contributed by atoms with Crippen molar-refractivity contribution in [2.75, 3.05) is 0 Å². The maximum absolute atomic E-state index is 13.5. The third kappa shape index (κ3) is 2.38. The van der Waals surface area contributed by atoms with Gasteiger partial charge in [-0.2, -0.15) is 0 Å². The van der Waals surface area contributed by atoms with Crippen LogP contribution in [-0.2, 0) is 0 Å². The fourth-order valence-corrected chi connectivity index (χ4v) is 1.69. The molecule has 0 spiro atoms. The molecule has 0 fully saturated rings. The summed E-state index contributed by atoms with van der Waals surface area (Å²) in [6.45, 7) is 3.83. The summed E-state index contributed by atoms with van der Waals surface area (Å²) in [4.78, 5) is 0. The van der Waals surface area contributed by atoms with Gasteiger partial charge in [-0.05, 0) is 18.1 Å². The summed E-state index contributed by atoms with van der Waals surface area (Å²) in [5, 5.41) is 0.422. The Morgan fingerprint density at radius 3 is 2.36 bits per heavy atom. The Kier molecular flexibility index (Phi) is 3.76. The molecule has 0 aliphatic carbocycles. The van der Waals surface area contributed by atoms with Crippen LogP contribution in [-0.4, -0.2) is 0 Å². The monoisotopic (exact) mass is 235 g/mol. The molecule has 78 valence electrons. The summed E-state index contributed by atoms with van der Waals surface area (Å²) in [5.41, 5.74) is 6.19. The highest BCUT2D eigenvalue weighted by Gasteiger charge is 2.17. The minimum atomic E-state index is -0.475. The second-order valence-corrected chi connectivity index (χ2v) is 4.40. The summed E-state index contributed by atoms with van der Waals surface area (Å²) in [5.74, 6) is -0.337. The van der Waals surface area contributed by atoms with Gasteiger partial charge in [-0.15, -0.1) is 0 Å². The Hall–Kier alpha value is -0.310. The third-order valence-corrected chi connectivity index (χ3v) is 2.59. The van der Waals surface area contributed by atoms with Crippen molar-refractivity contribution in [1.29, 1.82) is 0 Å². The van der Waals surface area contributed by atoms with Gasteiger partial charge in [0.1, 0.15) is 5.82 Å². The van der Waals surface area contributed by atoms with Crippen LogP contribution in [0.25, 0.3) is 0 Å². The van der Waals surface area contributed by atoms with E-state index in [2.05, 4.69) is 0 Å². The molecule has 14 heavy (non-hydrogen) atoms. The molecule has 0 aromatic heterocycles. The molecule has 0 saturated carbocycles. The highest BCUT2D eigenvalue weighted by Crippen LogP contribution is 2.29. The second kappa shape index (κ2) is 4.47. The highest BCUT2D eigenvalue weighted by atomic mass is 35.5. The van der Waals surface area contributed by atoms with Crippen LogP contribution in [0.5, 0.6) is 0 Å². The van der Waals surface area contributed by atoms with Crippen molar-refractivity contribution in [2.45, 2.75) is 19.9 Å². The molecular formula is C10H12Cl2FN. The van der Waals surface area contributed by atoms with E-state index in [1.54, 1.807) is 0 Å². The predicted molar refractivity (Wildman–Crippen MR) is 58.2 cm³/mol. The molecule has 0 amide bonds. The van der Waals surface area contributed by atoms with Gasteiger partial charge in [0.2, 0.25) is 0 Å². The molecule has 1 aromatic rings. The zero-order chi connectivity index (χ0) is 10.9. The van der Waals surface area contributed by atoms with Gasteiger partial charge in [0, 0.05) is 16.6 Å². The maximum atomic E-state index is 13.5. The molecule has 0 aliphatic heterocycles. The fraction of sp³-hybridized carbons (Fsp3) is 0.400. The largest absolute Gasteiger partial charge is 0.324 e. The van der Waals surface area contributed by atoms with E-state index in [0.29, 0.717) is 10.6 Å². The van der Waals surface area contributed by atoms with E-state index in [1.807, 2.05) is 13.8 Å². The fourth-order valence-electron chi connectivity index (χ4n) is 1.18. The van der Waals surface area contributed by atoms with Crippen LogP contribution in [0.4, 0.5) is 4.39 Å². The quantitative estimate of drug-likeness (QED) is 0.776. The number of benzene rings is 1. The number of halogens is 3. The zero-order valence-corrected chi connectivity index (χ0v) is 9.53. The Bertz CT molecular complexity index is 339. The normalized spacial score (nSPS) is 13.4. The molecule has 0 radical (unpaired) electrons. The zero-order valence-electron chi connectivity index (χ0n) is 8.02. The van der Waals surface area contributed by atoms with E-state index >= 15 is 0 Å². The van der Waals surface area contributed by atoms with Gasteiger partial charge < -0.3 is 5.73 Å². The van der Waals surface area contributed by atoms with Gasteiger partial charge in [0.15, 0.2) is 0 Å². The molecule has 0 heterocycles. The summed E-state index contributed by atoms with van der Waals surface area (Å²) in [6, 6.07) is 2.51. The van der Waals surface area contributed by atoms with Gasteiger partial charge in [-0.25, -0.2) is 4.39 Å². The van der Waals surface area contributed by atoms with E-state index in [4.69, 9.17) is 28.9 Å². The molecule has 2 N–H and O–H groups in total. The second-order valence-electron chi connectivity index (χ2n) is 3.56. The molecule has 1 aromatic carbocycles. The first-order valence-electron chi connectivity index (χ1n) is 4.33. The molecule has 1 unspecified atom stereocenters. The Morgan fingerprint density at radius 2 is 1.86 bits per heavy atom. The van der Waals surface area contributed by atoms with Crippen molar-refractivity contribution < 1.29 is 4.39 Å². The van der Waals surface area contributed by atoms with Crippen LogP contribution in [0.15, 0.2) is 12.1 Å². The summed E-state index contributed by atoms with van der Waals surface area (Å²) in [7, 11) is 0. The minimum absolute atomic E-state index is 0.0172. The average molecular weight is 236 g/mol. The van der Waals surface area contributed by atoms with Crippen molar-refractivity contribution in [3.8, 4) is 0 Å². The Morgan fingerprint density at radius 1 is 1.29 bits per heavy atom. The first-order chi connectivity index (χ1) is 6.43. The minimum Gasteiger partial charge on any atom is -0.324 e. The lowest BCUT2D eigenvalue weighted by Crippen LogP contribution is -2.18. The summed E-state index contributed by atoms with van der Waals surface area (Å²) in [6.07, 6.45) is 0. The topological polar surface area (TPSA) is 26.0 Å². The molecule has 1 rings (SSSR count). The number of hydrogen-bond donors (Lipinski definition) is 1. The molecule has 1 nitrogen and oxygen atoms in total. The summed E-state index contributed by atoms with van der Waals surface area (Å²) >= 11 is 11.4. The third-order valence-electron chi connectivity index (χ3n) is 2.10. The number of nitrogens with two attached hydrogens (primary N) is 1. The molecule has 0 aliphatic rings. The van der Waals surface area contributed by atoms with Crippen molar-refractivity contribution in [3.63, 3.8) is 0 Å². The molecule has 4 heteroatoms.